The van der Waals surface area contributed by atoms with E-state index in [0.717, 1.165) is 54.9 Å². The number of unbranched alkanes of at least 4 members (excludes halogenated alkanes) is 1. The zero-order valence-electron chi connectivity index (χ0n) is 18.6. The van der Waals surface area contributed by atoms with Crippen LogP contribution in [0.2, 0.25) is 0 Å². The van der Waals surface area contributed by atoms with Crippen molar-refractivity contribution in [3.8, 4) is 0 Å². The maximum absolute atomic E-state index is 13.1. The molecule has 0 atom stereocenters. The Hall–Kier alpha value is -3.12. The Morgan fingerprint density at radius 1 is 1.11 bits per heavy atom. The van der Waals surface area contributed by atoms with Crippen molar-refractivity contribution in [3.05, 3.63) is 76.2 Å². The van der Waals surface area contributed by atoms with Crippen molar-refractivity contribution < 1.29 is 26.4 Å². The molecule has 0 saturated heterocycles. The van der Waals surface area contributed by atoms with Gasteiger partial charge in [-0.15, -0.1) is 0 Å². The highest BCUT2D eigenvalue weighted by Gasteiger charge is 2.33. The average molecular weight is 526 g/mol. The number of amides is 1. The molecule has 0 unspecified atom stereocenters. The molecule has 0 saturated carbocycles. The number of H-pyrrole nitrogens is 1. The summed E-state index contributed by atoms with van der Waals surface area (Å²) in [6, 6.07) is 10.8. The molecule has 0 aliphatic rings. The highest BCUT2D eigenvalue weighted by molar-refractivity contribution is 7.99. The minimum atomic E-state index is -4.64. The van der Waals surface area contributed by atoms with Crippen LogP contribution < -0.4 is 10.9 Å². The van der Waals surface area contributed by atoms with Gasteiger partial charge in [0.2, 0.25) is 15.7 Å². The first-order valence-electron chi connectivity index (χ1n) is 10.5. The van der Waals surface area contributed by atoms with Crippen LogP contribution in [0.15, 0.2) is 74.5 Å². The molecule has 0 fully saturated rings. The number of aryl methyl sites for hydroxylation is 1. The number of benzene rings is 2. The number of thioether (sulfide) groups is 1. The molecular formula is C23H22F3N3O4S2. The molecule has 12 heteroatoms. The van der Waals surface area contributed by atoms with Gasteiger partial charge in [-0.05, 0) is 42.7 Å². The first-order chi connectivity index (χ1) is 16.5. The number of carbonyl (C=O) groups excluding carboxylic acids is 1. The zero-order valence-corrected chi connectivity index (χ0v) is 20.2. The van der Waals surface area contributed by atoms with Crippen molar-refractivity contribution >= 4 is 33.2 Å². The lowest BCUT2D eigenvalue weighted by molar-refractivity contribution is -0.137. The van der Waals surface area contributed by atoms with Crippen molar-refractivity contribution in [2.75, 3.05) is 11.1 Å². The average Bonchev–Trinajstić information content (AvgIpc) is 2.81. The SMILES string of the molecule is CCCCc1ccc(S(=O)(=O)c2cnc(SCC(=O)Nc3ccccc3C(F)(F)F)[nH]c2=O)cc1. The maximum atomic E-state index is 13.1. The van der Waals surface area contributed by atoms with Crippen LogP contribution >= 0.6 is 11.8 Å². The summed E-state index contributed by atoms with van der Waals surface area (Å²) in [5, 5.41) is 2.13. The molecule has 2 aromatic carbocycles. The Bertz CT molecular complexity index is 1360. The van der Waals surface area contributed by atoms with Crippen LogP contribution in [-0.4, -0.2) is 30.0 Å². The molecule has 1 heterocycles. The minimum absolute atomic E-state index is 0.0480. The number of aromatic nitrogens is 2. The maximum Gasteiger partial charge on any atom is 0.418 e. The number of anilines is 1. The van der Waals surface area contributed by atoms with Crippen LogP contribution in [0.25, 0.3) is 0 Å². The van der Waals surface area contributed by atoms with E-state index in [9.17, 15) is 31.2 Å². The van der Waals surface area contributed by atoms with E-state index in [0.29, 0.717) is 0 Å². The number of hydrogen-bond acceptors (Lipinski definition) is 6. The Balaban J connectivity index is 1.69. The van der Waals surface area contributed by atoms with Crippen LogP contribution in [-0.2, 0) is 27.2 Å². The summed E-state index contributed by atoms with van der Waals surface area (Å²) in [6.45, 7) is 2.05. The molecule has 0 aliphatic carbocycles. The number of carbonyl (C=O) groups is 1. The van der Waals surface area contributed by atoms with E-state index in [1.807, 2.05) is 0 Å². The quantitative estimate of drug-likeness (QED) is 0.310. The molecule has 0 bridgehead atoms. The number of aromatic amines is 1. The van der Waals surface area contributed by atoms with E-state index in [1.54, 1.807) is 12.1 Å². The fourth-order valence-electron chi connectivity index (χ4n) is 3.13. The minimum Gasteiger partial charge on any atom is -0.325 e. The summed E-state index contributed by atoms with van der Waals surface area (Å²) in [7, 11) is -4.12. The van der Waals surface area contributed by atoms with Gasteiger partial charge in [-0.25, -0.2) is 13.4 Å². The van der Waals surface area contributed by atoms with Crippen LogP contribution in [0.3, 0.4) is 0 Å². The van der Waals surface area contributed by atoms with Gasteiger partial charge in [-0.1, -0.05) is 49.4 Å². The Labute approximate surface area is 204 Å². The van der Waals surface area contributed by atoms with Crippen LogP contribution in [0.1, 0.15) is 30.9 Å². The normalized spacial score (nSPS) is 11.9. The molecule has 0 aliphatic heterocycles. The van der Waals surface area contributed by atoms with E-state index in [4.69, 9.17) is 0 Å². The van der Waals surface area contributed by atoms with Crippen LogP contribution in [0.5, 0.6) is 0 Å². The first kappa shape index (κ1) is 26.5. The zero-order chi connectivity index (χ0) is 25.6. The fourth-order valence-corrected chi connectivity index (χ4v) is 5.00. The topological polar surface area (TPSA) is 109 Å². The van der Waals surface area contributed by atoms with Gasteiger partial charge in [0.1, 0.15) is 0 Å². The van der Waals surface area contributed by atoms with E-state index in [-0.39, 0.29) is 15.8 Å². The molecule has 35 heavy (non-hydrogen) atoms. The third kappa shape index (κ3) is 6.73. The third-order valence-electron chi connectivity index (χ3n) is 4.93. The van der Waals surface area contributed by atoms with Crippen molar-refractivity contribution in [3.63, 3.8) is 0 Å². The third-order valence-corrected chi connectivity index (χ3v) is 7.58. The lowest BCUT2D eigenvalue weighted by atomic mass is 10.1. The summed E-state index contributed by atoms with van der Waals surface area (Å²) in [4.78, 5) is 30.2. The van der Waals surface area contributed by atoms with Gasteiger partial charge in [0, 0.05) is 0 Å². The lowest BCUT2D eigenvalue weighted by Gasteiger charge is -2.13. The fraction of sp³-hybridized carbons (Fsp3) is 0.261. The van der Waals surface area contributed by atoms with Gasteiger partial charge >= 0.3 is 6.18 Å². The second kappa shape index (κ2) is 11.1. The summed E-state index contributed by atoms with van der Waals surface area (Å²) >= 11 is 0.745. The predicted molar refractivity (Wildman–Crippen MR) is 126 cm³/mol. The van der Waals surface area contributed by atoms with Gasteiger partial charge in [0.15, 0.2) is 10.1 Å². The predicted octanol–water partition coefficient (Wildman–Crippen LogP) is 4.69. The molecule has 1 amide bonds. The Morgan fingerprint density at radius 2 is 1.80 bits per heavy atom. The number of halogens is 3. The van der Waals surface area contributed by atoms with E-state index < -0.39 is 43.6 Å². The van der Waals surface area contributed by atoms with Gasteiger partial charge < -0.3 is 10.3 Å². The van der Waals surface area contributed by atoms with E-state index in [2.05, 4.69) is 22.2 Å². The highest BCUT2D eigenvalue weighted by atomic mass is 32.2. The van der Waals surface area contributed by atoms with Crippen LogP contribution in [0, 0.1) is 0 Å². The van der Waals surface area contributed by atoms with Crippen molar-refractivity contribution in [1.29, 1.82) is 0 Å². The molecule has 1 aromatic heterocycles. The molecule has 186 valence electrons. The molecule has 7 nitrogen and oxygen atoms in total. The number of alkyl halides is 3. The molecule has 0 spiro atoms. The van der Waals surface area contributed by atoms with E-state index in [1.165, 1.54) is 24.3 Å². The number of rotatable bonds is 9. The number of nitrogens with one attached hydrogen (secondary N) is 2. The molecule has 2 N–H and O–H groups in total. The largest absolute Gasteiger partial charge is 0.418 e. The second-order valence-electron chi connectivity index (χ2n) is 7.51. The molecule has 3 aromatic rings. The summed E-state index contributed by atoms with van der Waals surface area (Å²) < 4.78 is 64.9. The number of para-hydroxylation sites is 1. The molecule has 0 radical (unpaired) electrons. The Kier molecular flexibility index (Phi) is 8.39. The van der Waals surface area contributed by atoms with Gasteiger partial charge in [-0.3, -0.25) is 9.59 Å². The molecular weight excluding hydrogens is 503 g/mol. The smallest absolute Gasteiger partial charge is 0.325 e. The van der Waals surface area contributed by atoms with Gasteiger partial charge in [0.25, 0.3) is 5.56 Å². The number of nitrogens with zero attached hydrogens (tertiary/aromatic N) is 1. The summed E-state index contributed by atoms with van der Waals surface area (Å²) in [5.41, 5.74) is -1.31. The standard InChI is InChI=1S/C23H22F3N3O4S2/c1-2-3-6-15-9-11-16(12-10-15)35(32,33)19-13-27-22(29-21(19)31)34-14-20(30)28-18-8-5-4-7-17(18)23(24,25)26/h4-5,7-13H,2-3,6,14H2,1H3,(H,28,30)(H,27,29,31). The Morgan fingerprint density at radius 3 is 2.43 bits per heavy atom. The van der Waals surface area contributed by atoms with Crippen molar-refractivity contribution in [2.45, 2.75) is 47.3 Å². The van der Waals surface area contributed by atoms with E-state index >= 15 is 0 Å². The van der Waals surface area contributed by atoms with Gasteiger partial charge in [-0.2, -0.15) is 13.2 Å². The molecule has 3 rings (SSSR count). The number of hydrogen-bond donors (Lipinski definition) is 2. The lowest BCUT2D eigenvalue weighted by Crippen LogP contribution is -2.20. The van der Waals surface area contributed by atoms with Gasteiger partial charge in [0.05, 0.1) is 28.1 Å². The summed E-state index contributed by atoms with van der Waals surface area (Å²) in [6.07, 6.45) is -0.935. The van der Waals surface area contributed by atoms with Crippen LogP contribution in [0.4, 0.5) is 18.9 Å². The van der Waals surface area contributed by atoms with Crippen molar-refractivity contribution in [2.24, 2.45) is 0 Å². The number of sulfone groups is 1. The summed E-state index contributed by atoms with van der Waals surface area (Å²) in [5.74, 6) is -1.12. The highest BCUT2D eigenvalue weighted by Crippen LogP contribution is 2.34. The monoisotopic (exact) mass is 525 g/mol. The van der Waals surface area contributed by atoms with Crippen molar-refractivity contribution in [1.82, 2.24) is 9.97 Å². The first-order valence-corrected chi connectivity index (χ1v) is 13.0. The second-order valence-corrected chi connectivity index (χ2v) is 10.4.